The molecular formula is C21H22FN3O3. The predicted octanol–water partition coefficient (Wildman–Crippen LogP) is 2.79. The molecule has 6 nitrogen and oxygen atoms in total. The second-order valence-corrected chi connectivity index (χ2v) is 7.32. The van der Waals surface area contributed by atoms with Crippen LogP contribution in [0, 0.1) is 5.82 Å². The Morgan fingerprint density at radius 3 is 2.39 bits per heavy atom. The van der Waals surface area contributed by atoms with E-state index in [-0.39, 0.29) is 35.7 Å². The molecule has 1 aromatic heterocycles. The van der Waals surface area contributed by atoms with Crippen LogP contribution in [0.1, 0.15) is 46.4 Å². The fraction of sp³-hybridized carbons (Fsp3) is 0.381. The standard InChI is InChI=1S/C21H22FN3O3/c1-28-19-5-2-14(10-18(19)22)21(27)25-16-3-4-17(25)12-15(11-16)24-20(26)13-6-8-23-9-7-13/h2,5-10,15-17H,3-4,11-12H2,1H3,(H,24,26). The van der Waals surface area contributed by atoms with Gasteiger partial charge in [0.15, 0.2) is 11.6 Å². The molecule has 2 bridgehead atoms. The molecular weight excluding hydrogens is 361 g/mol. The van der Waals surface area contributed by atoms with Crippen LogP contribution in [-0.2, 0) is 0 Å². The first-order valence-electron chi connectivity index (χ1n) is 9.44. The van der Waals surface area contributed by atoms with Crippen LogP contribution in [0.5, 0.6) is 5.75 Å². The Bertz CT molecular complexity index is 876. The molecule has 2 aromatic rings. The Kier molecular flexibility index (Phi) is 4.98. The van der Waals surface area contributed by atoms with Crippen molar-refractivity contribution in [1.29, 1.82) is 0 Å². The number of benzene rings is 1. The average molecular weight is 383 g/mol. The van der Waals surface area contributed by atoms with Gasteiger partial charge >= 0.3 is 0 Å². The van der Waals surface area contributed by atoms with Crippen molar-refractivity contribution in [3.63, 3.8) is 0 Å². The number of carbonyl (C=O) groups excluding carboxylic acids is 2. The minimum absolute atomic E-state index is 0.0230. The molecule has 2 fully saturated rings. The highest BCUT2D eigenvalue weighted by Crippen LogP contribution is 2.37. The number of fused-ring (bicyclic) bond motifs is 2. The maximum absolute atomic E-state index is 14.0. The lowest BCUT2D eigenvalue weighted by molar-refractivity contribution is 0.0549. The molecule has 0 radical (unpaired) electrons. The molecule has 2 aliphatic rings. The first-order valence-corrected chi connectivity index (χ1v) is 9.44. The second kappa shape index (κ2) is 7.58. The normalized spacial score (nSPS) is 23.4. The molecule has 28 heavy (non-hydrogen) atoms. The van der Waals surface area contributed by atoms with Crippen molar-refractivity contribution in [2.24, 2.45) is 0 Å². The van der Waals surface area contributed by atoms with Gasteiger partial charge in [-0.05, 0) is 56.0 Å². The minimum Gasteiger partial charge on any atom is -0.494 e. The zero-order valence-electron chi connectivity index (χ0n) is 15.6. The highest BCUT2D eigenvalue weighted by Gasteiger charge is 2.43. The van der Waals surface area contributed by atoms with Gasteiger partial charge in [0.2, 0.25) is 0 Å². The molecule has 7 heteroatoms. The zero-order chi connectivity index (χ0) is 19.7. The van der Waals surface area contributed by atoms with E-state index in [1.807, 2.05) is 4.90 Å². The molecule has 2 aliphatic heterocycles. The molecule has 0 saturated carbocycles. The first-order chi connectivity index (χ1) is 13.6. The number of hydrogen-bond donors (Lipinski definition) is 1. The Balaban J connectivity index is 1.44. The summed E-state index contributed by atoms with van der Waals surface area (Å²) in [6.45, 7) is 0. The highest BCUT2D eigenvalue weighted by molar-refractivity contribution is 5.95. The number of hydrogen-bond acceptors (Lipinski definition) is 4. The zero-order valence-corrected chi connectivity index (χ0v) is 15.6. The van der Waals surface area contributed by atoms with Crippen LogP contribution < -0.4 is 10.1 Å². The summed E-state index contributed by atoms with van der Waals surface area (Å²) in [5.41, 5.74) is 0.907. The summed E-state index contributed by atoms with van der Waals surface area (Å²) < 4.78 is 18.9. The Hall–Kier alpha value is -2.96. The number of piperidine rings is 1. The molecule has 1 N–H and O–H groups in total. The molecule has 2 saturated heterocycles. The summed E-state index contributed by atoms with van der Waals surface area (Å²) in [6, 6.07) is 7.81. The van der Waals surface area contributed by atoms with E-state index < -0.39 is 5.82 Å². The molecule has 0 aliphatic carbocycles. The monoisotopic (exact) mass is 383 g/mol. The third-order valence-corrected chi connectivity index (χ3v) is 5.64. The van der Waals surface area contributed by atoms with Gasteiger partial charge in [-0.1, -0.05) is 0 Å². The Morgan fingerprint density at radius 2 is 1.79 bits per heavy atom. The second-order valence-electron chi connectivity index (χ2n) is 7.32. The van der Waals surface area contributed by atoms with E-state index in [0.717, 1.165) is 12.8 Å². The molecule has 3 heterocycles. The maximum Gasteiger partial charge on any atom is 0.254 e. The number of rotatable bonds is 4. The van der Waals surface area contributed by atoms with Crippen molar-refractivity contribution < 1.29 is 18.7 Å². The summed E-state index contributed by atoms with van der Waals surface area (Å²) in [6.07, 6.45) is 6.39. The number of aromatic nitrogens is 1. The number of amides is 2. The number of halogens is 1. The van der Waals surface area contributed by atoms with Gasteiger partial charge in [0.25, 0.3) is 11.8 Å². The van der Waals surface area contributed by atoms with Crippen LogP contribution in [0.4, 0.5) is 4.39 Å². The van der Waals surface area contributed by atoms with Gasteiger partial charge in [-0.15, -0.1) is 0 Å². The van der Waals surface area contributed by atoms with Gasteiger partial charge < -0.3 is 15.0 Å². The topological polar surface area (TPSA) is 71.5 Å². The largest absolute Gasteiger partial charge is 0.494 e. The van der Waals surface area contributed by atoms with Gasteiger partial charge in [-0.3, -0.25) is 14.6 Å². The molecule has 2 amide bonds. The van der Waals surface area contributed by atoms with Gasteiger partial charge in [0.1, 0.15) is 0 Å². The molecule has 0 spiro atoms. The molecule has 146 valence electrons. The number of pyridine rings is 1. The smallest absolute Gasteiger partial charge is 0.254 e. The Labute approximate surface area is 162 Å². The summed E-state index contributed by atoms with van der Waals surface area (Å²) in [5, 5.41) is 3.08. The van der Waals surface area contributed by atoms with Gasteiger partial charge in [0, 0.05) is 41.6 Å². The molecule has 4 rings (SSSR count). The van der Waals surface area contributed by atoms with Crippen molar-refractivity contribution in [3.05, 3.63) is 59.7 Å². The van der Waals surface area contributed by atoms with E-state index in [9.17, 15) is 14.0 Å². The van der Waals surface area contributed by atoms with Gasteiger partial charge in [-0.2, -0.15) is 0 Å². The van der Waals surface area contributed by atoms with E-state index >= 15 is 0 Å². The van der Waals surface area contributed by atoms with Crippen molar-refractivity contribution in [2.75, 3.05) is 7.11 Å². The van der Waals surface area contributed by atoms with E-state index in [2.05, 4.69) is 10.3 Å². The fourth-order valence-corrected chi connectivity index (χ4v) is 4.35. The van der Waals surface area contributed by atoms with Crippen molar-refractivity contribution in [3.8, 4) is 5.75 Å². The van der Waals surface area contributed by atoms with E-state index in [1.165, 1.54) is 19.2 Å². The number of nitrogens with zero attached hydrogens (tertiary/aromatic N) is 2. The van der Waals surface area contributed by atoms with Gasteiger partial charge in [0.05, 0.1) is 7.11 Å². The van der Waals surface area contributed by atoms with Crippen molar-refractivity contribution in [1.82, 2.24) is 15.2 Å². The highest BCUT2D eigenvalue weighted by atomic mass is 19.1. The number of carbonyl (C=O) groups is 2. The summed E-state index contributed by atoms with van der Waals surface area (Å²) in [4.78, 5) is 31.2. The third kappa shape index (κ3) is 3.44. The van der Waals surface area contributed by atoms with Crippen molar-refractivity contribution >= 4 is 11.8 Å². The van der Waals surface area contributed by atoms with Crippen LogP contribution in [0.15, 0.2) is 42.7 Å². The van der Waals surface area contributed by atoms with Crippen LogP contribution in [0.3, 0.4) is 0 Å². The van der Waals surface area contributed by atoms with E-state index in [4.69, 9.17) is 4.74 Å². The van der Waals surface area contributed by atoms with Crippen LogP contribution in [0.2, 0.25) is 0 Å². The predicted molar refractivity (Wildman–Crippen MR) is 101 cm³/mol. The quantitative estimate of drug-likeness (QED) is 0.881. The lowest BCUT2D eigenvalue weighted by atomic mass is 9.96. The van der Waals surface area contributed by atoms with Crippen LogP contribution >= 0.6 is 0 Å². The summed E-state index contributed by atoms with van der Waals surface area (Å²) in [7, 11) is 1.39. The summed E-state index contributed by atoms with van der Waals surface area (Å²) >= 11 is 0. The average Bonchev–Trinajstić information content (AvgIpc) is 2.98. The van der Waals surface area contributed by atoms with E-state index in [1.54, 1.807) is 30.6 Å². The lowest BCUT2D eigenvalue weighted by Crippen LogP contribution is -2.52. The third-order valence-electron chi connectivity index (χ3n) is 5.64. The van der Waals surface area contributed by atoms with Gasteiger partial charge in [-0.25, -0.2) is 4.39 Å². The molecule has 2 atom stereocenters. The summed E-state index contributed by atoms with van der Waals surface area (Å²) in [5.74, 6) is -0.700. The Morgan fingerprint density at radius 1 is 1.11 bits per heavy atom. The fourth-order valence-electron chi connectivity index (χ4n) is 4.35. The van der Waals surface area contributed by atoms with Crippen LogP contribution in [0.25, 0.3) is 0 Å². The maximum atomic E-state index is 14.0. The van der Waals surface area contributed by atoms with E-state index in [0.29, 0.717) is 24.0 Å². The number of methoxy groups -OCH3 is 1. The first kappa shape index (κ1) is 18.4. The van der Waals surface area contributed by atoms with Crippen LogP contribution in [-0.4, -0.2) is 46.9 Å². The molecule has 1 aromatic carbocycles. The SMILES string of the molecule is COc1ccc(C(=O)N2C3CCC2CC(NC(=O)c2ccncc2)C3)cc1F. The van der Waals surface area contributed by atoms with Crippen molar-refractivity contribution in [2.45, 2.75) is 43.8 Å². The number of nitrogens with one attached hydrogen (secondary N) is 1. The molecule has 2 unspecified atom stereocenters. The lowest BCUT2D eigenvalue weighted by Gasteiger charge is -2.39. The number of ether oxygens (including phenoxy) is 1. The minimum atomic E-state index is -0.541.